The Bertz CT molecular complexity index is 967. The second-order valence-corrected chi connectivity index (χ2v) is 9.08. The molecule has 2 aliphatic rings. The van der Waals surface area contributed by atoms with Gasteiger partial charge in [-0.25, -0.2) is 9.59 Å². The van der Waals surface area contributed by atoms with Crippen LogP contribution in [0.3, 0.4) is 0 Å². The lowest BCUT2D eigenvalue weighted by Gasteiger charge is -2.29. The van der Waals surface area contributed by atoms with Crippen LogP contribution in [0.1, 0.15) is 51.0 Å². The molecule has 2 heterocycles. The van der Waals surface area contributed by atoms with Crippen molar-refractivity contribution in [3.05, 3.63) is 40.2 Å². The minimum absolute atomic E-state index is 0.298. The number of anilines is 1. The third kappa shape index (κ3) is 6.11. The smallest absolute Gasteiger partial charge is 0.411 e. The molecule has 1 amide bonds. The van der Waals surface area contributed by atoms with Crippen molar-refractivity contribution in [3.63, 3.8) is 0 Å². The van der Waals surface area contributed by atoms with Crippen LogP contribution in [0.4, 0.5) is 10.5 Å². The molecule has 7 heteroatoms. The van der Waals surface area contributed by atoms with Crippen molar-refractivity contribution in [3.8, 4) is 0 Å². The molecule has 0 radical (unpaired) electrons. The number of ether oxygens (including phenoxy) is 1. The largest absolute Gasteiger partial charge is 0.450 e. The Morgan fingerprint density at radius 1 is 1.06 bits per heavy atom. The van der Waals surface area contributed by atoms with Crippen LogP contribution in [-0.4, -0.2) is 55.2 Å². The van der Waals surface area contributed by atoms with Crippen molar-refractivity contribution in [2.24, 2.45) is 5.92 Å². The zero-order valence-corrected chi connectivity index (χ0v) is 19.1. The zero-order chi connectivity index (χ0) is 22.3. The van der Waals surface area contributed by atoms with Gasteiger partial charge in [0.15, 0.2) is 0 Å². The standard InChI is InChI=1S/C25H35N3O4/c1-2-31-25(30)26-21-9-10-22-20(15-24(29)32-23(22)16-21)18-28-12-6-11-27(13-14-28)17-19-7-4-3-5-8-19/h9-10,15-16,19H,2-8,11-14,17-18H2,1H3,(H,26,30). The van der Waals surface area contributed by atoms with Gasteiger partial charge < -0.3 is 14.1 Å². The van der Waals surface area contributed by atoms with E-state index in [2.05, 4.69) is 15.1 Å². The molecule has 1 aliphatic carbocycles. The maximum Gasteiger partial charge on any atom is 0.411 e. The van der Waals surface area contributed by atoms with E-state index in [1.54, 1.807) is 19.1 Å². The lowest BCUT2D eigenvalue weighted by atomic mass is 9.89. The quantitative estimate of drug-likeness (QED) is 0.668. The van der Waals surface area contributed by atoms with Crippen molar-refractivity contribution in [1.29, 1.82) is 0 Å². The lowest BCUT2D eigenvalue weighted by molar-refractivity contribution is 0.168. The summed E-state index contributed by atoms with van der Waals surface area (Å²) in [6.07, 6.45) is 7.60. The summed E-state index contributed by atoms with van der Waals surface area (Å²) in [7, 11) is 0. The summed E-state index contributed by atoms with van der Waals surface area (Å²) in [5.41, 5.74) is 1.63. The number of hydrogen-bond acceptors (Lipinski definition) is 6. The van der Waals surface area contributed by atoms with E-state index in [1.165, 1.54) is 38.6 Å². The number of carbonyl (C=O) groups is 1. The summed E-state index contributed by atoms with van der Waals surface area (Å²) in [5, 5.41) is 3.57. The first-order valence-corrected chi connectivity index (χ1v) is 12.1. The van der Waals surface area contributed by atoms with Crippen molar-refractivity contribution in [2.75, 3.05) is 44.6 Å². The molecule has 0 unspecified atom stereocenters. The van der Waals surface area contributed by atoms with Gasteiger partial charge in [0.2, 0.25) is 0 Å². The minimum atomic E-state index is -0.521. The molecule has 2 aromatic rings. The van der Waals surface area contributed by atoms with E-state index in [-0.39, 0.29) is 5.63 Å². The second kappa shape index (κ2) is 11.0. The fourth-order valence-corrected chi connectivity index (χ4v) is 5.06. The molecule has 32 heavy (non-hydrogen) atoms. The van der Waals surface area contributed by atoms with E-state index in [9.17, 15) is 9.59 Å². The third-order valence-corrected chi connectivity index (χ3v) is 6.67. The van der Waals surface area contributed by atoms with E-state index >= 15 is 0 Å². The highest BCUT2D eigenvalue weighted by Crippen LogP contribution is 2.26. The van der Waals surface area contributed by atoms with E-state index < -0.39 is 6.09 Å². The number of hydrogen-bond donors (Lipinski definition) is 1. The maximum atomic E-state index is 12.2. The van der Waals surface area contributed by atoms with Gasteiger partial charge >= 0.3 is 11.7 Å². The van der Waals surface area contributed by atoms with E-state index in [4.69, 9.17) is 9.15 Å². The average molecular weight is 442 g/mol. The van der Waals surface area contributed by atoms with E-state index in [1.807, 2.05) is 12.1 Å². The predicted octanol–water partition coefficient (Wildman–Crippen LogP) is 4.45. The van der Waals surface area contributed by atoms with Crippen LogP contribution in [0.25, 0.3) is 11.0 Å². The van der Waals surface area contributed by atoms with Crippen LogP contribution in [0.5, 0.6) is 0 Å². The summed E-state index contributed by atoms with van der Waals surface area (Å²) in [5.74, 6) is 0.871. The molecule has 1 saturated heterocycles. The third-order valence-electron chi connectivity index (χ3n) is 6.67. The van der Waals surface area contributed by atoms with E-state index in [0.29, 0.717) is 17.9 Å². The van der Waals surface area contributed by atoms with E-state index in [0.717, 1.165) is 56.0 Å². The first-order chi connectivity index (χ1) is 15.6. The topological polar surface area (TPSA) is 75.0 Å². The lowest BCUT2D eigenvalue weighted by Crippen LogP contribution is -2.34. The number of benzene rings is 1. The number of rotatable bonds is 6. The maximum absolute atomic E-state index is 12.2. The fourth-order valence-electron chi connectivity index (χ4n) is 5.06. The number of carbonyl (C=O) groups excluding carboxylic acids is 1. The highest BCUT2D eigenvalue weighted by Gasteiger charge is 2.21. The Morgan fingerprint density at radius 3 is 2.66 bits per heavy atom. The Kier molecular flexibility index (Phi) is 7.81. The molecular formula is C25H35N3O4. The first-order valence-electron chi connectivity index (χ1n) is 12.1. The van der Waals surface area contributed by atoms with Gasteiger partial charge in [0.1, 0.15) is 5.58 Å². The molecule has 0 atom stereocenters. The van der Waals surface area contributed by atoms with Crippen LogP contribution in [-0.2, 0) is 11.3 Å². The van der Waals surface area contributed by atoms with Crippen molar-refractivity contribution >= 4 is 22.7 Å². The molecule has 1 saturated carbocycles. The Balaban J connectivity index is 1.41. The zero-order valence-electron chi connectivity index (χ0n) is 19.1. The molecule has 2 fully saturated rings. The Hall–Kier alpha value is -2.38. The number of fused-ring (bicyclic) bond motifs is 1. The minimum Gasteiger partial charge on any atom is -0.450 e. The number of nitrogens with one attached hydrogen (secondary N) is 1. The van der Waals surface area contributed by atoms with Crippen LogP contribution >= 0.6 is 0 Å². The molecule has 1 aromatic carbocycles. The molecule has 1 aromatic heterocycles. The summed E-state index contributed by atoms with van der Waals surface area (Å²) in [6.45, 7) is 8.31. The summed E-state index contributed by atoms with van der Waals surface area (Å²) in [6, 6.07) is 7.01. The molecule has 1 N–H and O–H groups in total. The number of nitrogens with zero attached hydrogens (tertiary/aromatic N) is 2. The van der Waals surface area contributed by atoms with Gasteiger partial charge in [-0.1, -0.05) is 19.3 Å². The highest BCUT2D eigenvalue weighted by molar-refractivity contribution is 5.89. The van der Waals surface area contributed by atoms with Gasteiger partial charge in [0, 0.05) is 49.4 Å². The molecule has 174 valence electrons. The molecule has 0 bridgehead atoms. The molecule has 7 nitrogen and oxygen atoms in total. The molecule has 4 rings (SSSR count). The molecule has 1 aliphatic heterocycles. The van der Waals surface area contributed by atoms with Crippen LogP contribution in [0, 0.1) is 5.92 Å². The Morgan fingerprint density at radius 2 is 1.84 bits per heavy atom. The normalized spacial score (nSPS) is 19.0. The van der Waals surface area contributed by atoms with Crippen molar-refractivity contribution < 1.29 is 13.9 Å². The van der Waals surface area contributed by atoms with Gasteiger partial charge in [-0.15, -0.1) is 0 Å². The summed E-state index contributed by atoms with van der Waals surface area (Å²) < 4.78 is 10.3. The average Bonchev–Trinajstić information content (AvgIpc) is 2.99. The van der Waals surface area contributed by atoms with Crippen molar-refractivity contribution in [2.45, 2.75) is 52.0 Å². The van der Waals surface area contributed by atoms with Crippen LogP contribution in [0.2, 0.25) is 0 Å². The number of amides is 1. The second-order valence-electron chi connectivity index (χ2n) is 9.08. The first kappa shape index (κ1) is 22.8. The van der Waals surface area contributed by atoms with Crippen molar-refractivity contribution in [1.82, 2.24) is 9.80 Å². The highest BCUT2D eigenvalue weighted by atomic mass is 16.5. The summed E-state index contributed by atoms with van der Waals surface area (Å²) >= 11 is 0. The van der Waals surface area contributed by atoms with Crippen LogP contribution < -0.4 is 10.9 Å². The predicted molar refractivity (Wildman–Crippen MR) is 126 cm³/mol. The monoisotopic (exact) mass is 441 g/mol. The van der Waals surface area contributed by atoms with Crippen LogP contribution in [0.15, 0.2) is 33.5 Å². The van der Waals surface area contributed by atoms with Gasteiger partial charge in [-0.3, -0.25) is 10.2 Å². The van der Waals surface area contributed by atoms with Gasteiger partial charge in [0.25, 0.3) is 0 Å². The van der Waals surface area contributed by atoms with Gasteiger partial charge in [-0.2, -0.15) is 0 Å². The van der Waals surface area contributed by atoms with Gasteiger partial charge in [0.05, 0.1) is 6.61 Å². The SMILES string of the molecule is CCOC(=O)Nc1ccc2c(CN3CCCN(CC4CCCCC4)CC3)cc(=O)oc2c1. The summed E-state index contributed by atoms with van der Waals surface area (Å²) in [4.78, 5) is 29.0. The fraction of sp³-hybridized carbons (Fsp3) is 0.600. The van der Waals surface area contributed by atoms with Gasteiger partial charge in [-0.05, 0) is 62.9 Å². The Labute approximate surface area is 189 Å². The molecule has 0 spiro atoms. The molecular weight excluding hydrogens is 406 g/mol.